The van der Waals surface area contributed by atoms with E-state index < -0.39 is 0 Å². The molecule has 1 saturated heterocycles. The zero-order valence-corrected chi connectivity index (χ0v) is 11.5. The van der Waals surface area contributed by atoms with Gasteiger partial charge in [-0.15, -0.1) is 0 Å². The minimum absolute atomic E-state index is 0.0707. The van der Waals surface area contributed by atoms with Crippen molar-refractivity contribution in [3.8, 4) is 0 Å². The van der Waals surface area contributed by atoms with Crippen molar-refractivity contribution in [3.63, 3.8) is 0 Å². The molecular formula is C14H26N2O2. The van der Waals surface area contributed by atoms with E-state index in [1.165, 1.54) is 39.5 Å². The quantitative estimate of drug-likeness (QED) is 0.756. The maximum atomic E-state index is 11.9. The van der Waals surface area contributed by atoms with Crippen molar-refractivity contribution in [2.24, 2.45) is 0 Å². The predicted molar refractivity (Wildman–Crippen MR) is 71.5 cm³/mol. The predicted octanol–water partition coefficient (Wildman–Crippen LogP) is 1.55. The molecule has 104 valence electrons. The summed E-state index contributed by atoms with van der Waals surface area (Å²) >= 11 is 0. The van der Waals surface area contributed by atoms with Gasteiger partial charge in [0.15, 0.2) is 0 Å². The van der Waals surface area contributed by atoms with E-state index in [1.54, 1.807) is 0 Å². The Morgan fingerprint density at radius 1 is 1.17 bits per heavy atom. The van der Waals surface area contributed by atoms with Gasteiger partial charge >= 0.3 is 5.97 Å². The fraction of sp³-hybridized carbons (Fsp3) is 0.929. The summed E-state index contributed by atoms with van der Waals surface area (Å²) in [5.41, 5.74) is -0.384. The van der Waals surface area contributed by atoms with Crippen LogP contribution < -0.4 is 5.32 Å². The lowest BCUT2D eigenvalue weighted by molar-refractivity contribution is -0.148. The van der Waals surface area contributed by atoms with Crippen molar-refractivity contribution in [3.05, 3.63) is 0 Å². The lowest BCUT2D eigenvalue weighted by Gasteiger charge is -2.31. The highest BCUT2D eigenvalue weighted by Crippen LogP contribution is 2.30. The number of piperidine rings is 1. The number of esters is 1. The van der Waals surface area contributed by atoms with E-state index >= 15 is 0 Å². The van der Waals surface area contributed by atoms with Crippen LogP contribution in [0.4, 0.5) is 0 Å². The van der Waals surface area contributed by atoms with Crippen LogP contribution in [0.1, 0.15) is 44.9 Å². The highest BCUT2D eigenvalue weighted by Gasteiger charge is 2.41. The molecule has 1 aliphatic carbocycles. The number of likely N-dealkylation sites (tertiary alicyclic amines) is 1. The number of carbonyl (C=O) groups excluding carboxylic acids is 1. The van der Waals surface area contributed by atoms with Crippen LogP contribution in [-0.2, 0) is 9.53 Å². The first-order valence-electron chi connectivity index (χ1n) is 7.33. The average Bonchev–Trinajstić information content (AvgIpc) is 2.89. The fourth-order valence-corrected chi connectivity index (χ4v) is 3.26. The topological polar surface area (TPSA) is 41.6 Å². The van der Waals surface area contributed by atoms with Gasteiger partial charge in [-0.3, -0.25) is 4.79 Å². The Bertz CT molecular complexity index is 269. The second kappa shape index (κ2) is 6.53. The van der Waals surface area contributed by atoms with E-state index in [-0.39, 0.29) is 11.5 Å². The van der Waals surface area contributed by atoms with Crippen LogP contribution in [0.5, 0.6) is 0 Å². The Kier molecular flexibility index (Phi) is 5.01. The second-order valence-corrected chi connectivity index (χ2v) is 5.61. The van der Waals surface area contributed by atoms with E-state index in [2.05, 4.69) is 10.2 Å². The first-order valence-corrected chi connectivity index (χ1v) is 7.33. The van der Waals surface area contributed by atoms with Crippen LogP contribution in [0, 0.1) is 0 Å². The SMILES string of the molecule is COC(=O)C1(NCCN2CCCCC2)CCCC1. The molecule has 1 aliphatic heterocycles. The van der Waals surface area contributed by atoms with Crippen LogP contribution in [0.15, 0.2) is 0 Å². The van der Waals surface area contributed by atoms with Gasteiger partial charge in [0.05, 0.1) is 7.11 Å². The van der Waals surface area contributed by atoms with Gasteiger partial charge in [-0.05, 0) is 38.8 Å². The van der Waals surface area contributed by atoms with Crippen LogP contribution in [-0.4, -0.2) is 49.7 Å². The number of ether oxygens (including phenoxy) is 1. The van der Waals surface area contributed by atoms with Gasteiger partial charge in [-0.2, -0.15) is 0 Å². The van der Waals surface area contributed by atoms with Crippen molar-refractivity contribution >= 4 is 5.97 Å². The summed E-state index contributed by atoms with van der Waals surface area (Å²) in [6.45, 7) is 4.38. The van der Waals surface area contributed by atoms with Gasteiger partial charge in [0.2, 0.25) is 0 Å². The van der Waals surface area contributed by atoms with E-state index in [9.17, 15) is 4.79 Å². The van der Waals surface area contributed by atoms with Crippen molar-refractivity contribution in [2.75, 3.05) is 33.3 Å². The third kappa shape index (κ3) is 3.23. The Morgan fingerprint density at radius 3 is 2.44 bits per heavy atom. The maximum absolute atomic E-state index is 11.9. The summed E-state index contributed by atoms with van der Waals surface area (Å²) in [4.78, 5) is 14.4. The van der Waals surface area contributed by atoms with Crippen molar-refractivity contribution < 1.29 is 9.53 Å². The number of rotatable bonds is 5. The monoisotopic (exact) mass is 254 g/mol. The summed E-state index contributed by atoms with van der Waals surface area (Å²) in [6, 6.07) is 0. The van der Waals surface area contributed by atoms with Crippen molar-refractivity contribution in [2.45, 2.75) is 50.5 Å². The molecule has 0 atom stereocenters. The van der Waals surface area contributed by atoms with Crippen LogP contribution in [0.25, 0.3) is 0 Å². The lowest BCUT2D eigenvalue weighted by atomic mass is 9.98. The molecule has 4 nitrogen and oxygen atoms in total. The highest BCUT2D eigenvalue weighted by molar-refractivity contribution is 5.81. The van der Waals surface area contributed by atoms with Crippen LogP contribution in [0.3, 0.4) is 0 Å². The summed E-state index contributed by atoms with van der Waals surface area (Å²) in [5.74, 6) is -0.0707. The molecule has 1 heterocycles. The minimum atomic E-state index is -0.384. The molecule has 0 spiro atoms. The third-order valence-corrected chi connectivity index (χ3v) is 4.37. The van der Waals surface area contributed by atoms with E-state index in [1.807, 2.05) is 0 Å². The minimum Gasteiger partial charge on any atom is -0.468 e. The summed E-state index contributed by atoms with van der Waals surface area (Å²) in [5, 5.41) is 3.48. The summed E-state index contributed by atoms with van der Waals surface area (Å²) in [6.07, 6.45) is 8.14. The number of methoxy groups -OCH3 is 1. The molecule has 2 rings (SSSR count). The Hall–Kier alpha value is -0.610. The smallest absolute Gasteiger partial charge is 0.326 e. The molecule has 0 unspecified atom stereocenters. The molecule has 1 saturated carbocycles. The molecule has 0 bridgehead atoms. The zero-order valence-electron chi connectivity index (χ0n) is 11.5. The van der Waals surface area contributed by atoms with Gasteiger partial charge in [-0.1, -0.05) is 19.3 Å². The molecule has 0 amide bonds. The van der Waals surface area contributed by atoms with Gasteiger partial charge in [0.25, 0.3) is 0 Å². The summed E-state index contributed by atoms with van der Waals surface area (Å²) < 4.78 is 4.96. The molecule has 0 aromatic carbocycles. The number of carbonyl (C=O) groups is 1. The molecule has 4 heteroatoms. The van der Waals surface area contributed by atoms with Crippen molar-refractivity contribution in [1.29, 1.82) is 0 Å². The first kappa shape index (κ1) is 13.8. The van der Waals surface area contributed by atoms with Crippen LogP contribution >= 0.6 is 0 Å². The lowest BCUT2D eigenvalue weighted by Crippen LogP contribution is -2.52. The molecule has 0 radical (unpaired) electrons. The maximum Gasteiger partial charge on any atom is 0.326 e. The number of nitrogens with one attached hydrogen (secondary N) is 1. The van der Waals surface area contributed by atoms with Gasteiger partial charge in [0.1, 0.15) is 5.54 Å². The molecule has 1 N–H and O–H groups in total. The van der Waals surface area contributed by atoms with Crippen LogP contribution in [0.2, 0.25) is 0 Å². The van der Waals surface area contributed by atoms with E-state index in [4.69, 9.17) is 4.74 Å². The largest absolute Gasteiger partial charge is 0.468 e. The molecule has 2 aliphatic rings. The second-order valence-electron chi connectivity index (χ2n) is 5.61. The third-order valence-electron chi connectivity index (χ3n) is 4.37. The number of hydrogen-bond donors (Lipinski definition) is 1. The molecule has 0 aromatic heterocycles. The normalized spacial score (nSPS) is 24.1. The van der Waals surface area contributed by atoms with Gasteiger partial charge in [-0.25, -0.2) is 0 Å². The first-order chi connectivity index (χ1) is 8.77. The highest BCUT2D eigenvalue weighted by atomic mass is 16.5. The molecule has 0 aromatic rings. The molecular weight excluding hydrogens is 228 g/mol. The molecule has 2 fully saturated rings. The van der Waals surface area contributed by atoms with E-state index in [0.29, 0.717) is 0 Å². The Balaban J connectivity index is 1.77. The van der Waals surface area contributed by atoms with Crippen molar-refractivity contribution in [1.82, 2.24) is 10.2 Å². The average molecular weight is 254 g/mol. The molecule has 18 heavy (non-hydrogen) atoms. The fourth-order valence-electron chi connectivity index (χ4n) is 3.26. The zero-order chi connectivity index (χ0) is 12.8. The summed E-state index contributed by atoms with van der Waals surface area (Å²) in [7, 11) is 1.49. The number of nitrogens with zero attached hydrogens (tertiary/aromatic N) is 1. The van der Waals surface area contributed by atoms with E-state index in [0.717, 1.165) is 38.8 Å². The van der Waals surface area contributed by atoms with Gasteiger partial charge in [0, 0.05) is 13.1 Å². The standard InChI is InChI=1S/C14H26N2O2/c1-18-13(17)14(7-3-4-8-14)15-9-12-16-10-5-2-6-11-16/h15H,2-12H2,1H3. The van der Waals surface area contributed by atoms with Gasteiger partial charge < -0.3 is 15.0 Å². The Morgan fingerprint density at radius 2 is 1.83 bits per heavy atom. The Labute approximate surface area is 110 Å². The number of hydrogen-bond acceptors (Lipinski definition) is 4.